The van der Waals surface area contributed by atoms with E-state index in [0.29, 0.717) is 36.4 Å². The highest BCUT2D eigenvalue weighted by Gasteiger charge is 2.28. The Balaban J connectivity index is 1.49. The number of amides is 1. The predicted octanol–water partition coefficient (Wildman–Crippen LogP) is 3.23. The number of hydrogen-bond donors (Lipinski definition) is 2. The summed E-state index contributed by atoms with van der Waals surface area (Å²) in [6.45, 7) is 4.50. The fraction of sp³-hybridized carbons (Fsp3) is 0.345. The fourth-order valence-corrected chi connectivity index (χ4v) is 6.32. The van der Waals surface area contributed by atoms with E-state index in [1.807, 2.05) is 32.0 Å². The van der Waals surface area contributed by atoms with Crippen molar-refractivity contribution < 1.29 is 17.9 Å². The van der Waals surface area contributed by atoms with Crippen molar-refractivity contribution in [3.63, 3.8) is 0 Å². The molecule has 5 rings (SSSR count). The molecule has 0 aliphatic heterocycles. The SMILES string of the molecule is CCCN(C(=O)c1nnc[nH]1)[C@H](CC)CCc1nc2c(-c3ccc(-c4cnc(OC)nc4)nc3)ccn2c(N)c1S(C)(=O)=O. The quantitative estimate of drug-likeness (QED) is 0.209. The van der Waals surface area contributed by atoms with Gasteiger partial charge in [-0.05, 0) is 37.8 Å². The number of H-pyrrole nitrogens is 1. The van der Waals surface area contributed by atoms with Crippen molar-refractivity contribution in [2.24, 2.45) is 0 Å². The summed E-state index contributed by atoms with van der Waals surface area (Å²) in [6, 6.07) is 5.65. The molecule has 1 atom stereocenters. The predicted molar refractivity (Wildman–Crippen MR) is 164 cm³/mol. The number of aryl methyl sites for hydroxylation is 1. The number of rotatable bonds is 12. The Morgan fingerprint density at radius 2 is 1.86 bits per heavy atom. The summed E-state index contributed by atoms with van der Waals surface area (Å²) in [5.41, 5.74) is 10.3. The van der Waals surface area contributed by atoms with Crippen LogP contribution in [0.4, 0.5) is 5.82 Å². The molecular weight excluding hydrogens is 584 g/mol. The van der Waals surface area contributed by atoms with Crippen molar-refractivity contribution in [1.29, 1.82) is 0 Å². The van der Waals surface area contributed by atoms with E-state index < -0.39 is 9.84 Å². The van der Waals surface area contributed by atoms with Crippen LogP contribution >= 0.6 is 0 Å². The molecule has 3 N–H and O–H groups in total. The summed E-state index contributed by atoms with van der Waals surface area (Å²) in [5.74, 6) is -0.0158. The van der Waals surface area contributed by atoms with Gasteiger partial charge >= 0.3 is 6.01 Å². The summed E-state index contributed by atoms with van der Waals surface area (Å²) in [4.78, 5) is 35.4. The number of ether oxygens (including phenoxy) is 1. The molecular formula is C29H34N10O4S. The standard InChI is InChI=1S/C29H34N10O4S/c1-5-12-38(28(40)26-34-17-35-37-26)20(6-2)8-10-23-24(44(4,41)42)25(30)39-13-11-21(27(39)36-23)18-7-9-22(31-14-18)19-15-32-29(43-3)33-16-19/h7,9,11,13-17,20H,5-6,8,10,12,30H2,1-4H3,(H,34,35,37)/t20-/m1/s1. The van der Waals surface area contributed by atoms with Crippen LogP contribution in [0, 0.1) is 0 Å². The Hall–Kier alpha value is -4.92. The molecule has 0 saturated heterocycles. The number of nitrogens with one attached hydrogen (secondary N) is 1. The fourth-order valence-electron chi connectivity index (χ4n) is 5.27. The normalized spacial score (nSPS) is 12.4. The molecule has 5 heterocycles. The molecule has 15 heteroatoms. The number of methoxy groups -OCH3 is 1. The van der Waals surface area contributed by atoms with E-state index in [4.69, 9.17) is 15.5 Å². The molecule has 230 valence electrons. The first-order valence-electron chi connectivity index (χ1n) is 14.2. The van der Waals surface area contributed by atoms with E-state index in [0.717, 1.165) is 29.4 Å². The van der Waals surface area contributed by atoms with Gasteiger partial charge in [0.2, 0.25) is 5.82 Å². The first kappa shape index (κ1) is 30.5. The van der Waals surface area contributed by atoms with Gasteiger partial charge in [-0.3, -0.25) is 14.2 Å². The van der Waals surface area contributed by atoms with Crippen molar-refractivity contribution in [1.82, 2.24) is 44.4 Å². The van der Waals surface area contributed by atoms with E-state index in [1.165, 1.54) is 13.4 Å². The maximum absolute atomic E-state index is 13.2. The first-order valence-corrected chi connectivity index (χ1v) is 16.0. The van der Waals surface area contributed by atoms with Gasteiger partial charge in [-0.25, -0.2) is 23.4 Å². The van der Waals surface area contributed by atoms with E-state index >= 15 is 0 Å². The van der Waals surface area contributed by atoms with Crippen LogP contribution in [0.25, 0.3) is 28.0 Å². The molecule has 1 amide bonds. The van der Waals surface area contributed by atoms with Gasteiger partial charge in [0.1, 0.15) is 22.7 Å². The highest BCUT2D eigenvalue weighted by Crippen LogP contribution is 2.32. The topological polar surface area (TPSA) is 187 Å². The zero-order valence-electron chi connectivity index (χ0n) is 24.9. The lowest BCUT2D eigenvalue weighted by Gasteiger charge is -2.30. The van der Waals surface area contributed by atoms with Crippen LogP contribution in [0.1, 0.15) is 49.4 Å². The molecule has 0 aliphatic carbocycles. The highest BCUT2D eigenvalue weighted by molar-refractivity contribution is 7.91. The van der Waals surface area contributed by atoms with Crippen molar-refractivity contribution >= 4 is 27.2 Å². The van der Waals surface area contributed by atoms with E-state index in [1.54, 1.807) is 34.1 Å². The van der Waals surface area contributed by atoms with Crippen LogP contribution in [-0.4, -0.2) is 84.7 Å². The van der Waals surface area contributed by atoms with Crippen molar-refractivity contribution in [3.05, 3.63) is 60.8 Å². The number of nitrogens with two attached hydrogens (primary N) is 1. The second kappa shape index (κ2) is 12.8. The van der Waals surface area contributed by atoms with Crippen LogP contribution < -0.4 is 10.5 Å². The zero-order chi connectivity index (χ0) is 31.4. The van der Waals surface area contributed by atoms with Gasteiger partial charge in [0, 0.05) is 60.3 Å². The monoisotopic (exact) mass is 618 g/mol. The number of aromatic amines is 1. The Morgan fingerprint density at radius 3 is 2.45 bits per heavy atom. The first-order chi connectivity index (χ1) is 21.2. The lowest BCUT2D eigenvalue weighted by atomic mass is 10.0. The van der Waals surface area contributed by atoms with Gasteiger partial charge in [-0.15, -0.1) is 10.2 Å². The number of sulfone groups is 1. The molecule has 14 nitrogen and oxygen atoms in total. The summed E-state index contributed by atoms with van der Waals surface area (Å²) in [7, 11) is -2.23. The molecule has 0 fully saturated rings. The van der Waals surface area contributed by atoms with Crippen LogP contribution in [0.2, 0.25) is 0 Å². The van der Waals surface area contributed by atoms with E-state index in [2.05, 4.69) is 30.1 Å². The molecule has 0 unspecified atom stereocenters. The Kier molecular flexibility index (Phi) is 8.85. The van der Waals surface area contributed by atoms with Crippen LogP contribution in [-0.2, 0) is 16.3 Å². The van der Waals surface area contributed by atoms with Crippen molar-refractivity contribution in [2.75, 3.05) is 25.6 Å². The van der Waals surface area contributed by atoms with E-state index in [9.17, 15) is 13.2 Å². The molecule has 5 aromatic heterocycles. The summed E-state index contributed by atoms with van der Waals surface area (Å²) < 4.78 is 32.6. The smallest absolute Gasteiger partial charge is 0.316 e. The minimum Gasteiger partial charge on any atom is -0.467 e. The lowest BCUT2D eigenvalue weighted by Crippen LogP contribution is -2.41. The third-order valence-electron chi connectivity index (χ3n) is 7.38. The van der Waals surface area contributed by atoms with Gasteiger partial charge in [-0.1, -0.05) is 19.9 Å². The minimum absolute atomic E-state index is 0.0152. The number of nitrogen functional groups attached to an aromatic ring is 1. The van der Waals surface area contributed by atoms with Gasteiger partial charge < -0.3 is 20.4 Å². The number of carbonyl (C=O) groups is 1. The van der Waals surface area contributed by atoms with Crippen LogP contribution in [0.15, 0.2) is 54.2 Å². The Morgan fingerprint density at radius 1 is 1.11 bits per heavy atom. The number of carbonyl (C=O) groups excluding carboxylic acids is 1. The number of aromatic nitrogens is 8. The summed E-state index contributed by atoms with van der Waals surface area (Å²) in [6.07, 6.45) is 11.3. The molecule has 0 spiro atoms. The minimum atomic E-state index is -3.73. The summed E-state index contributed by atoms with van der Waals surface area (Å²) >= 11 is 0. The number of fused-ring (bicyclic) bond motifs is 1. The number of pyridine rings is 1. The second-order valence-electron chi connectivity index (χ2n) is 10.3. The van der Waals surface area contributed by atoms with Crippen LogP contribution in [0.5, 0.6) is 6.01 Å². The molecule has 0 aliphatic rings. The Labute approximate surface area is 254 Å². The lowest BCUT2D eigenvalue weighted by molar-refractivity contribution is 0.0650. The van der Waals surface area contributed by atoms with Gasteiger partial charge in [0.15, 0.2) is 9.84 Å². The van der Waals surface area contributed by atoms with Crippen molar-refractivity contribution in [2.45, 2.75) is 50.5 Å². The average Bonchev–Trinajstić information content (AvgIpc) is 3.71. The van der Waals surface area contributed by atoms with Gasteiger partial charge in [-0.2, -0.15) is 0 Å². The number of anilines is 1. The molecule has 0 bridgehead atoms. The van der Waals surface area contributed by atoms with Gasteiger partial charge in [0.25, 0.3) is 5.91 Å². The largest absolute Gasteiger partial charge is 0.467 e. The zero-order valence-corrected chi connectivity index (χ0v) is 25.7. The van der Waals surface area contributed by atoms with Crippen molar-refractivity contribution in [3.8, 4) is 28.4 Å². The number of nitrogens with zero attached hydrogens (tertiary/aromatic N) is 8. The maximum Gasteiger partial charge on any atom is 0.316 e. The van der Waals surface area contributed by atoms with E-state index in [-0.39, 0.29) is 40.9 Å². The molecule has 0 saturated carbocycles. The molecule has 5 aromatic rings. The van der Waals surface area contributed by atoms with Crippen LogP contribution in [0.3, 0.4) is 0 Å². The Bertz CT molecular complexity index is 1860. The van der Waals surface area contributed by atoms with Gasteiger partial charge in [0.05, 0.1) is 18.5 Å². The molecule has 0 radical (unpaired) electrons. The third-order valence-corrected chi connectivity index (χ3v) is 8.56. The average molecular weight is 619 g/mol. The molecule has 0 aromatic carbocycles. The number of hydrogen-bond acceptors (Lipinski definition) is 11. The second-order valence-corrected chi connectivity index (χ2v) is 12.2. The highest BCUT2D eigenvalue weighted by atomic mass is 32.2. The summed E-state index contributed by atoms with van der Waals surface area (Å²) in [5, 5.41) is 7.62. The molecule has 44 heavy (non-hydrogen) atoms. The maximum atomic E-state index is 13.2. The third kappa shape index (κ3) is 6.08.